The van der Waals surface area contributed by atoms with Gasteiger partial charge in [-0.25, -0.2) is 0 Å². The first kappa shape index (κ1) is 8.62. The number of likely N-dealkylation sites (tertiary alicyclic amines) is 1. The summed E-state index contributed by atoms with van der Waals surface area (Å²) in [6.45, 7) is 6.55. The van der Waals surface area contributed by atoms with Gasteiger partial charge < -0.3 is 0 Å². The molecule has 1 heteroatoms. The quantitative estimate of drug-likeness (QED) is 0.517. The Bertz CT molecular complexity index is 164. The third-order valence-electron chi connectivity index (χ3n) is 2.60. The topological polar surface area (TPSA) is 3.24 Å². The standard InChI is InChI=1S/C10H17N/c1-4-8-11-9-6-5-7-10(11,2)3/h1H,5-9H2,2-3H3. The Labute approximate surface area is 69.8 Å². The van der Waals surface area contributed by atoms with E-state index in [4.69, 9.17) is 6.42 Å². The van der Waals surface area contributed by atoms with Crippen LogP contribution in [0.15, 0.2) is 0 Å². The summed E-state index contributed by atoms with van der Waals surface area (Å²) in [7, 11) is 0. The number of hydrogen-bond acceptors (Lipinski definition) is 1. The Hall–Kier alpha value is -0.480. The minimum atomic E-state index is 0.338. The monoisotopic (exact) mass is 151 g/mol. The Morgan fingerprint density at radius 2 is 2.18 bits per heavy atom. The Morgan fingerprint density at radius 3 is 2.73 bits per heavy atom. The molecular formula is C10H17N. The average Bonchev–Trinajstić information content (AvgIpc) is 1.94. The molecule has 0 unspecified atom stereocenters. The van der Waals surface area contributed by atoms with Crippen LogP contribution in [0.1, 0.15) is 33.1 Å². The number of rotatable bonds is 1. The van der Waals surface area contributed by atoms with E-state index >= 15 is 0 Å². The predicted molar refractivity (Wildman–Crippen MR) is 48.3 cm³/mol. The van der Waals surface area contributed by atoms with E-state index in [2.05, 4.69) is 24.7 Å². The molecule has 0 radical (unpaired) electrons. The van der Waals surface area contributed by atoms with E-state index in [1.807, 2.05) is 0 Å². The van der Waals surface area contributed by atoms with Crippen molar-refractivity contribution in [3.8, 4) is 12.3 Å². The Kier molecular flexibility index (Phi) is 2.57. The van der Waals surface area contributed by atoms with Crippen molar-refractivity contribution >= 4 is 0 Å². The van der Waals surface area contributed by atoms with Crippen molar-refractivity contribution in [2.75, 3.05) is 13.1 Å². The van der Waals surface area contributed by atoms with Crippen molar-refractivity contribution in [3.63, 3.8) is 0 Å². The second-order valence-corrected chi connectivity index (χ2v) is 3.90. The van der Waals surface area contributed by atoms with Crippen molar-refractivity contribution in [2.45, 2.75) is 38.6 Å². The summed E-state index contributed by atoms with van der Waals surface area (Å²) in [4.78, 5) is 2.40. The number of hydrogen-bond donors (Lipinski definition) is 0. The number of nitrogens with zero attached hydrogens (tertiary/aromatic N) is 1. The molecule has 1 fully saturated rings. The van der Waals surface area contributed by atoms with E-state index in [1.165, 1.54) is 25.8 Å². The van der Waals surface area contributed by atoms with Gasteiger partial charge in [0.25, 0.3) is 0 Å². The van der Waals surface area contributed by atoms with Crippen molar-refractivity contribution < 1.29 is 0 Å². The van der Waals surface area contributed by atoms with Gasteiger partial charge in [-0.2, -0.15) is 0 Å². The van der Waals surface area contributed by atoms with Gasteiger partial charge in [0, 0.05) is 5.54 Å². The van der Waals surface area contributed by atoms with Crippen LogP contribution < -0.4 is 0 Å². The largest absolute Gasteiger partial charge is 0.287 e. The number of piperidine rings is 1. The molecule has 1 heterocycles. The highest BCUT2D eigenvalue weighted by Gasteiger charge is 2.28. The zero-order valence-corrected chi connectivity index (χ0v) is 7.56. The van der Waals surface area contributed by atoms with E-state index in [0.717, 1.165) is 6.54 Å². The fourth-order valence-corrected chi connectivity index (χ4v) is 1.72. The van der Waals surface area contributed by atoms with Crippen molar-refractivity contribution in [1.29, 1.82) is 0 Å². The zero-order chi connectivity index (χ0) is 8.32. The third kappa shape index (κ3) is 1.97. The van der Waals surface area contributed by atoms with Crippen LogP contribution >= 0.6 is 0 Å². The molecule has 0 atom stereocenters. The zero-order valence-electron chi connectivity index (χ0n) is 7.56. The smallest absolute Gasteiger partial charge is 0.0603 e. The highest BCUT2D eigenvalue weighted by atomic mass is 15.2. The summed E-state index contributed by atoms with van der Waals surface area (Å²) in [6.07, 6.45) is 9.24. The average molecular weight is 151 g/mol. The van der Waals surface area contributed by atoms with Crippen LogP contribution in [0.25, 0.3) is 0 Å². The first-order valence-corrected chi connectivity index (χ1v) is 4.35. The van der Waals surface area contributed by atoms with Crippen LogP contribution in [0.3, 0.4) is 0 Å². The molecule has 0 spiro atoms. The van der Waals surface area contributed by atoms with Gasteiger partial charge in [0.2, 0.25) is 0 Å². The van der Waals surface area contributed by atoms with Gasteiger partial charge in [-0.3, -0.25) is 4.90 Å². The van der Waals surface area contributed by atoms with Gasteiger partial charge in [0.15, 0.2) is 0 Å². The van der Waals surface area contributed by atoms with Crippen LogP contribution in [-0.4, -0.2) is 23.5 Å². The molecule has 1 nitrogen and oxygen atoms in total. The molecule has 0 aromatic rings. The second-order valence-electron chi connectivity index (χ2n) is 3.90. The SMILES string of the molecule is C#CCN1CCCCC1(C)C. The van der Waals surface area contributed by atoms with Gasteiger partial charge in [-0.05, 0) is 33.2 Å². The molecule has 1 saturated heterocycles. The van der Waals surface area contributed by atoms with Gasteiger partial charge >= 0.3 is 0 Å². The second kappa shape index (κ2) is 3.28. The van der Waals surface area contributed by atoms with Crippen molar-refractivity contribution in [1.82, 2.24) is 4.90 Å². The molecule has 1 aliphatic rings. The molecule has 1 rings (SSSR count). The Balaban J connectivity index is 2.54. The molecule has 0 aliphatic carbocycles. The van der Waals surface area contributed by atoms with Gasteiger partial charge in [-0.1, -0.05) is 12.3 Å². The summed E-state index contributed by atoms with van der Waals surface area (Å²) in [5, 5.41) is 0. The van der Waals surface area contributed by atoms with Crippen molar-refractivity contribution in [3.05, 3.63) is 0 Å². The molecular weight excluding hydrogens is 134 g/mol. The highest BCUT2D eigenvalue weighted by molar-refractivity contribution is 4.95. The molecule has 11 heavy (non-hydrogen) atoms. The maximum atomic E-state index is 5.29. The maximum Gasteiger partial charge on any atom is 0.0603 e. The molecule has 0 bridgehead atoms. The van der Waals surface area contributed by atoms with E-state index in [-0.39, 0.29) is 0 Å². The predicted octanol–water partition coefficient (Wildman–Crippen LogP) is 1.88. The maximum absolute atomic E-state index is 5.29. The summed E-state index contributed by atoms with van der Waals surface area (Å²) in [5.41, 5.74) is 0.338. The minimum absolute atomic E-state index is 0.338. The molecule has 0 saturated carbocycles. The van der Waals surface area contributed by atoms with Crippen LogP contribution in [0.2, 0.25) is 0 Å². The lowest BCUT2D eigenvalue weighted by molar-refractivity contribution is 0.0928. The van der Waals surface area contributed by atoms with Gasteiger partial charge in [0.1, 0.15) is 0 Å². The molecule has 0 aromatic carbocycles. The fourth-order valence-electron chi connectivity index (χ4n) is 1.72. The van der Waals surface area contributed by atoms with Gasteiger partial charge in [0.05, 0.1) is 6.54 Å². The first-order valence-electron chi connectivity index (χ1n) is 4.35. The summed E-state index contributed by atoms with van der Waals surface area (Å²) in [5.74, 6) is 2.72. The van der Waals surface area contributed by atoms with E-state index < -0.39 is 0 Å². The minimum Gasteiger partial charge on any atom is -0.287 e. The van der Waals surface area contributed by atoms with E-state index in [1.54, 1.807) is 0 Å². The Morgan fingerprint density at radius 1 is 1.45 bits per heavy atom. The first-order chi connectivity index (χ1) is 5.17. The van der Waals surface area contributed by atoms with Gasteiger partial charge in [-0.15, -0.1) is 6.42 Å². The molecule has 0 aromatic heterocycles. The lowest BCUT2D eigenvalue weighted by Crippen LogP contribution is -2.47. The van der Waals surface area contributed by atoms with E-state index in [9.17, 15) is 0 Å². The van der Waals surface area contributed by atoms with E-state index in [0.29, 0.717) is 5.54 Å². The van der Waals surface area contributed by atoms with Crippen molar-refractivity contribution in [2.24, 2.45) is 0 Å². The van der Waals surface area contributed by atoms with Crippen LogP contribution in [0.4, 0.5) is 0 Å². The fraction of sp³-hybridized carbons (Fsp3) is 0.800. The molecule has 0 amide bonds. The summed E-state index contributed by atoms with van der Waals surface area (Å²) < 4.78 is 0. The molecule has 0 N–H and O–H groups in total. The highest BCUT2D eigenvalue weighted by Crippen LogP contribution is 2.26. The van der Waals surface area contributed by atoms with Crippen LogP contribution in [0.5, 0.6) is 0 Å². The normalized spacial score (nSPS) is 24.5. The summed E-state index contributed by atoms with van der Waals surface area (Å²) >= 11 is 0. The van der Waals surface area contributed by atoms with Crippen LogP contribution in [0, 0.1) is 12.3 Å². The summed E-state index contributed by atoms with van der Waals surface area (Å²) in [6, 6.07) is 0. The number of terminal acetylenes is 1. The lowest BCUT2D eigenvalue weighted by atomic mass is 9.90. The molecule has 1 aliphatic heterocycles. The van der Waals surface area contributed by atoms with Crippen LogP contribution in [-0.2, 0) is 0 Å². The lowest BCUT2D eigenvalue weighted by Gasteiger charge is -2.41. The third-order valence-corrected chi connectivity index (χ3v) is 2.60. The molecule has 62 valence electrons.